The van der Waals surface area contributed by atoms with Crippen LogP contribution in [0.4, 0.5) is 0 Å². The average molecular weight is 212 g/mol. The van der Waals surface area contributed by atoms with Crippen LogP contribution in [0.25, 0.3) is 16.8 Å². The van der Waals surface area contributed by atoms with Gasteiger partial charge in [-0.2, -0.15) is 0 Å². The van der Waals surface area contributed by atoms with Crippen molar-refractivity contribution in [1.29, 1.82) is 0 Å². The second-order valence-electron chi connectivity index (χ2n) is 4.54. The lowest BCUT2D eigenvalue weighted by atomic mass is 10.1. The van der Waals surface area contributed by atoms with Gasteiger partial charge in [0.25, 0.3) is 0 Å². The fraction of sp³-hybridized carbons (Fsp3) is 0.250. The molecule has 0 radical (unpaired) electrons. The molecule has 0 bridgehead atoms. The van der Waals surface area contributed by atoms with Crippen LogP contribution in [0.3, 0.4) is 0 Å². The minimum Gasteiger partial charge on any atom is -0.0985 e. The quantitative estimate of drug-likeness (QED) is 0.613. The Morgan fingerprint density at radius 3 is 2.06 bits per heavy atom. The van der Waals surface area contributed by atoms with E-state index < -0.39 is 0 Å². The summed E-state index contributed by atoms with van der Waals surface area (Å²) in [5.41, 5.74) is 1.17. The SMILES string of the molecule is C=Cc1ccc2ccccc2c1.CC(C)C. The monoisotopic (exact) mass is 212 g/mol. The fourth-order valence-corrected chi connectivity index (χ4v) is 1.33. The Kier molecular flexibility index (Phi) is 4.78. The van der Waals surface area contributed by atoms with E-state index in [1.54, 1.807) is 0 Å². The van der Waals surface area contributed by atoms with Gasteiger partial charge in [-0.05, 0) is 28.3 Å². The lowest BCUT2D eigenvalue weighted by Gasteiger charge is -1.97. The molecule has 0 aromatic heterocycles. The normalized spacial score (nSPS) is 9.75. The summed E-state index contributed by atoms with van der Waals surface area (Å²) < 4.78 is 0. The smallest absolute Gasteiger partial charge is 0.0178 e. The summed E-state index contributed by atoms with van der Waals surface area (Å²) in [4.78, 5) is 0. The first-order chi connectivity index (χ1) is 7.63. The zero-order chi connectivity index (χ0) is 12.0. The van der Waals surface area contributed by atoms with E-state index >= 15 is 0 Å². The summed E-state index contributed by atoms with van der Waals surface area (Å²) in [5.74, 6) is 0.833. The van der Waals surface area contributed by atoms with E-state index in [-0.39, 0.29) is 0 Å². The molecule has 0 aliphatic carbocycles. The van der Waals surface area contributed by atoms with Gasteiger partial charge in [-0.15, -0.1) is 0 Å². The highest BCUT2D eigenvalue weighted by molar-refractivity contribution is 5.84. The van der Waals surface area contributed by atoms with Crippen LogP contribution in [0.5, 0.6) is 0 Å². The van der Waals surface area contributed by atoms with E-state index in [9.17, 15) is 0 Å². The molecule has 0 heteroatoms. The van der Waals surface area contributed by atoms with E-state index in [0.717, 1.165) is 5.92 Å². The third kappa shape index (κ3) is 3.90. The molecule has 0 fully saturated rings. The van der Waals surface area contributed by atoms with Crippen LogP contribution in [0.1, 0.15) is 26.3 Å². The number of fused-ring (bicyclic) bond motifs is 1. The number of hydrogen-bond donors (Lipinski definition) is 0. The average Bonchev–Trinajstić information content (AvgIpc) is 2.27. The molecule has 0 aliphatic heterocycles. The minimum absolute atomic E-state index is 0.833. The maximum absolute atomic E-state index is 3.74. The first-order valence-electron chi connectivity index (χ1n) is 5.74. The molecular weight excluding hydrogens is 192 g/mol. The first-order valence-corrected chi connectivity index (χ1v) is 5.74. The lowest BCUT2D eigenvalue weighted by molar-refractivity contribution is 0.737. The van der Waals surface area contributed by atoms with Gasteiger partial charge in [-0.3, -0.25) is 0 Å². The molecule has 0 nitrogen and oxygen atoms in total. The highest BCUT2D eigenvalue weighted by atomic mass is 14.0. The van der Waals surface area contributed by atoms with Gasteiger partial charge in [0, 0.05) is 0 Å². The molecule has 0 saturated carbocycles. The number of rotatable bonds is 1. The summed E-state index contributed by atoms with van der Waals surface area (Å²) in [7, 11) is 0. The van der Waals surface area contributed by atoms with Crippen molar-refractivity contribution in [2.24, 2.45) is 5.92 Å². The summed E-state index contributed by atoms with van der Waals surface area (Å²) >= 11 is 0. The molecule has 0 unspecified atom stereocenters. The standard InChI is InChI=1S/C12H10.C4H10/c1-2-10-7-8-11-5-3-4-6-12(11)9-10;1-4(2)3/h2-9H,1H2;4H,1-3H3. The third-order valence-corrected chi connectivity index (χ3v) is 2.01. The van der Waals surface area contributed by atoms with Crippen LogP contribution in [0.2, 0.25) is 0 Å². The largest absolute Gasteiger partial charge is 0.0985 e. The van der Waals surface area contributed by atoms with Crippen molar-refractivity contribution >= 4 is 16.8 Å². The Labute approximate surface area is 98.6 Å². The van der Waals surface area contributed by atoms with Gasteiger partial charge in [0.05, 0.1) is 0 Å². The molecule has 16 heavy (non-hydrogen) atoms. The van der Waals surface area contributed by atoms with Crippen LogP contribution in [-0.2, 0) is 0 Å². The zero-order valence-corrected chi connectivity index (χ0v) is 10.4. The Hall–Kier alpha value is -1.56. The summed E-state index contributed by atoms with van der Waals surface area (Å²) in [5, 5.41) is 2.55. The highest BCUT2D eigenvalue weighted by Crippen LogP contribution is 2.15. The molecule has 0 saturated heterocycles. The van der Waals surface area contributed by atoms with Crippen LogP contribution in [-0.4, -0.2) is 0 Å². The molecular formula is C16H20. The predicted molar refractivity (Wildman–Crippen MR) is 74.6 cm³/mol. The van der Waals surface area contributed by atoms with Crippen LogP contribution >= 0.6 is 0 Å². The van der Waals surface area contributed by atoms with Crippen molar-refractivity contribution < 1.29 is 0 Å². The molecule has 2 rings (SSSR count). The molecule has 0 amide bonds. The first kappa shape index (κ1) is 12.5. The van der Waals surface area contributed by atoms with Crippen molar-refractivity contribution in [2.45, 2.75) is 20.8 Å². The number of hydrogen-bond acceptors (Lipinski definition) is 0. The van der Waals surface area contributed by atoms with Crippen LogP contribution in [0.15, 0.2) is 49.0 Å². The molecule has 84 valence electrons. The maximum atomic E-state index is 3.74. The minimum atomic E-state index is 0.833. The Balaban J connectivity index is 0.000000280. The Morgan fingerprint density at radius 1 is 0.938 bits per heavy atom. The van der Waals surface area contributed by atoms with Gasteiger partial charge in [-0.1, -0.05) is 69.8 Å². The van der Waals surface area contributed by atoms with Crippen molar-refractivity contribution in [3.05, 3.63) is 54.6 Å². The van der Waals surface area contributed by atoms with Gasteiger partial charge in [0.15, 0.2) is 0 Å². The second kappa shape index (κ2) is 6.12. The highest BCUT2D eigenvalue weighted by Gasteiger charge is 1.90. The van der Waals surface area contributed by atoms with E-state index in [1.807, 2.05) is 6.08 Å². The van der Waals surface area contributed by atoms with Crippen LogP contribution in [0, 0.1) is 5.92 Å². The third-order valence-electron chi connectivity index (χ3n) is 2.01. The van der Waals surface area contributed by atoms with Gasteiger partial charge in [-0.25, -0.2) is 0 Å². The molecule has 0 N–H and O–H groups in total. The molecule has 2 aromatic carbocycles. The van der Waals surface area contributed by atoms with Gasteiger partial charge in [0.1, 0.15) is 0 Å². The molecule has 0 aliphatic rings. The molecule has 0 heterocycles. The summed E-state index contributed by atoms with van der Waals surface area (Å²) in [6.07, 6.45) is 1.87. The lowest BCUT2D eigenvalue weighted by Crippen LogP contribution is -1.73. The Bertz CT molecular complexity index is 450. The molecule has 2 aromatic rings. The van der Waals surface area contributed by atoms with Crippen molar-refractivity contribution in [3.8, 4) is 0 Å². The second-order valence-corrected chi connectivity index (χ2v) is 4.54. The van der Waals surface area contributed by atoms with E-state index in [2.05, 4.69) is 69.8 Å². The van der Waals surface area contributed by atoms with Crippen molar-refractivity contribution in [1.82, 2.24) is 0 Å². The maximum Gasteiger partial charge on any atom is -0.0178 e. The predicted octanol–water partition coefficient (Wildman–Crippen LogP) is 5.15. The van der Waals surface area contributed by atoms with Gasteiger partial charge < -0.3 is 0 Å². The van der Waals surface area contributed by atoms with Gasteiger partial charge in [0.2, 0.25) is 0 Å². The van der Waals surface area contributed by atoms with Gasteiger partial charge >= 0.3 is 0 Å². The summed E-state index contributed by atoms with van der Waals surface area (Å²) in [6.45, 7) is 10.2. The van der Waals surface area contributed by atoms with E-state index in [4.69, 9.17) is 0 Å². The molecule has 0 spiro atoms. The molecule has 0 atom stereocenters. The summed E-state index contributed by atoms with van der Waals surface area (Å²) in [6, 6.07) is 14.7. The van der Waals surface area contributed by atoms with Crippen LogP contribution < -0.4 is 0 Å². The fourth-order valence-electron chi connectivity index (χ4n) is 1.33. The van der Waals surface area contributed by atoms with Crippen molar-refractivity contribution in [3.63, 3.8) is 0 Å². The van der Waals surface area contributed by atoms with Crippen molar-refractivity contribution in [2.75, 3.05) is 0 Å². The topological polar surface area (TPSA) is 0 Å². The van der Waals surface area contributed by atoms with E-state index in [1.165, 1.54) is 16.3 Å². The number of benzene rings is 2. The van der Waals surface area contributed by atoms with E-state index in [0.29, 0.717) is 0 Å². The zero-order valence-electron chi connectivity index (χ0n) is 10.4. The Morgan fingerprint density at radius 2 is 1.50 bits per heavy atom.